The number of rotatable bonds is 6. The minimum Gasteiger partial charge on any atom is -0.322 e. The highest BCUT2D eigenvalue weighted by atomic mass is 19.1. The molecule has 32 heavy (non-hydrogen) atoms. The van der Waals surface area contributed by atoms with Crippen molar-refractivity contribution in [1.29, 1.82) is 0 Å². The van der Waals surface area contributed by atoms with E-state index >= 15 is 0 Å². The first kappa shape index (κ1) is 21.2. The number of hydrogen-bond donors (Lipinski definition) is 1. The second-order valence-electron chi connectivity index (χ2n) is 7.31. The quantitative estimate of drug-likeness (QED) is 0.593. The Morgan fingerprint density at radius 1 is 0.906 bits per heavy atom. The third-order valence-corrected chi connectivity index (χ3v) is 5.11. The van der Waals surface area contributed by atoms with Crippen LogP contribution in [0.2, 0.25) is 0 Å². The van der Waals surface area contributed by atoms with Gasteiger partial charge in [0.15, 0.2) is 0 Å². The lowest BCUT2D eigenvalue weighted by Crippen LogP contribution is -2.39. The van der Waals surface area contributed by atoms with Crippen molar-refractivity contribution in [2.45, 2.75) is 12.6 Å². The molecule has 0 spiro atoms. The first-order valence-corrected chi connectivity index (χ1v) is 9.90. The summed E-state index contributed by atoms with van der Waals surface area (Å²) in [6, 6.07) is 19.2. The molecule has 162 valence electrons. The molecule has 4 amide bonds. The van der Waals surface area contributed by atoms with Gasteiger partial charge < -0.3 is 10.2 Å². The molecular formula is C24H19F2N3O3. The summed E-state index contributed by atoms with van der Waals surface area (Å²) in [7, 11) is 0. The topological polar surface area (TPSA) is 69.7 Å². The second-order valence-corrected chi connectivity index (χ2v) is 7.31. The fourth-order valence-electron chi connectivity index (χ4n) is 3.61. The summed E-state index contributed by atoms with van der Waals surface area (Å²) in [4.78, 5) is 41.0. The van der Waals surface area contributed by atoms with Crippen molar-refractivity contribution >= 4 is 23.5 Å². The van der Waals surface area contributed by atoms with Gasteiger partial charge in [-0.15, -0.1) is 0 Å². The van der Waals surface area contributed by atoms with Crippen molar-refractivity contribution in [3.8, 4) is 0 Å². The second kappa shape index (κ2) is 8.97. The average Bonchev–Trinajstić information content (AvgIpc) is 3.01. The minimum absolute atomic E-state index is 0.176. The number of carbonyl (C=O) groups excluding carboxylic acids is 3. The highest BCUT2D eigenvalue weighted by Crippen LogP contribution is 2.32. The SMILES string of the molecule is O=C(CN1C(=O)C(c2ccccc2)N(Cc2ccccc2)C1=O)Nc1ccc(F)cc1F. The monoisotopic (exact) mass is 435 g/mol. The molecule has 1 saturated heterocycles. The van der Waals surface area contributed by atoms with Crippen LogP contribution in [0.25, 0.3) is 0 Å². The van der Waals surface area contributed by atoms with E-state index in [1.54, 1.807) is 30.3 Å². The number of amides is 4. The third kappa shape index (κ3) is 4.34. The molecule has 0 radical (unpaired) electrons. The van der Waals surface area contributed by atoms with Crippen molar-refractivity contribution in [3.05, 3.63) is 102 Å². The van der Waals surface area contributed by atoms with Crippen LogP contribution in [-0.2, 0) is 16.1 Å². The highest BCUT2D eigenvalue weighted by Gasteiger charge is 2.46. The van der Waals surface area contributed by atoms with Gasteiger partial charge in [-0.1, -0.05) is 60.7 Å². The van der Waals surface area contributed by atoms with Gasteiger partial charge >= 0.3 is 6.03 Å². The van der Waals surface area contributed by atoms with E-state index in [-0.39, 0.29) is 12.2 Å². The number of anilines is 1. The van der Waals surface area contributed by atoms with Crippen LogP contribution in [0.4, 0.5) is 19.3 Å². The summed E-state index contributed by atoms with van der Waals surface area (Å²) >= 11 is 0. The number of halogens is 2. The molecule has 4 rings (SSSR count). The van der Waals surface area contributed by atoms with Crippen LogP contribution in [-0.4, -0.2) is 34.2 Å². The molecule has 0 aromatic heterocycles. The van der Waals surface area contributed by atoms with Gasteiger partial charge in [0.1, 0.15) is 24.2 Å². The number of hydrogen-bond acceptors (Lipinski definition) is 3. The molecule has 0 saturated carbocycles. The molecule has 1 atom stereocenters. The van der Waals surface area contributed by atoms with Crippen LogP contribution in [0.3, 0.4) is 0 Å². The van der Waals surface area contributed by atoms with Gasteiger partial charge in [-0.05, 0) is 23.3 Å². The number of benzene rings is 3. The molecular weight excluding hydrogens is 416 g/mol. The molecule has 1 N–H and O–H groups in total. The molecule has 1 aliphatic rings. The Bertz CT molecular complexity index is 1160. The lowest BCUT2D eigenvalue weighted by Gasteiger charge is -2.22. The summed E-state index contributed by atoms with van der Waals surface area (Å²) < 4.78 is 26.9. The predicted molar refractivity (Wildman–Crippen MR) is 113 cm³/mol. The van der Waals surface area contributed by atoms with E-state index in [1.165, 1.54) is 4.90 Å². The van der Waals surface area contributed by atoms with Crippen LogP contribution in [0.15, 0.2) is 78.9 Å². The number of nitrogens with zero attached hydrogens (tertiary/aromatic N) is 2. The van der Waals surface area contributed by atoms with Gasteiger partial charge in [-0.3, -0.25) is 14.5 Å². The van der Waals surface area contributed by atoms with Crippen molar-refractivity contribution < 1.29 is 23.2 Å². The Morgan fingerprint density at radius 2 is 1.56 bits per heavy atom. The molecule has 1 heterocycles. The van der Waals surface area contributed by atoms with E-state index in [1.807, 2.05) is 30.3 Å². The smallest absolute Gasteiger partial charge is 0.322 e. The van der Waals surface area contributed by atoms with Crippen LogP contribution in [0, 0.1) is 11.6 Å². The Labute approximate surface area is 183 Å². The molecule has 3 aromatic carbocycles. The Kier molecular flexibility index (Phi) is 5.93. The molecule has 1 unspecified atom stereocenters. The summed E-state index contributed by atoms with van der Waals surface area (Å²) in [5.41, 5.74) is 1.21. The van der Waals surface area contributed by atoms with Gasteiger partial charge in [0.2, 0.25) is 5.91 Å². The van der Waals surface area contributed by atoms with Gasteiger partial charge in [0.25, 0.3) is 5.91 Å². The normalized spacial score (nSPS) is 15.9. The van der Waals surface area contributed by atoms with Crippen LogP contribution in [0.1, 0.15) is 17.2 Å². The predicted octanol–water partition coefficient (Wildman–Crippen LogP) is 4.11. The summed E-state index contributed by atoms with van der Waals surface area (Å²) in [6.07, 6.45) is 0. The van der Waals surface area contributed by atoms with Crippen molar-refractivity contribution in [1.82, 2.24) is 9.80 Å². The van der Waals surface area contributed by atoms with Crippen LogP contribution in [0.5, 0.6) is 0 Å². The van der Waals surface area contributed by atoms with Crippen LogP contribution < -0.4 is 5.32 Å². The Balaban J connectivity index is 1.57. The lowest BCUT2D eigenvalue weighted by molar-refractivity contribution is -0.131. The maximum atomic E-state index is 13.9. The number of nitrogens with one attached hydrogen (secondary N) is 1. The summed E-state index contributed by atoms with van der Waals surface area (Å²) in [5, 5.41) is 2.28. The van der Waals surface area contributed by atoms with Gasteiger partial charge in [-0.25, -0.2) is 13.6 Å². The first-order valence-electron chi connectivity index (χ1n) is 9.90. The van der Waals surface area contributed by atoms with E-state index in [0.717, 1.165) is 22.6 Å². The lowest BCUT2D eigenvalue weighted by atomic mass is 10.1. The first-order chi connectivity index (χ1) is 15.4. The number of carbonyl (C=O) groups is 3. The van der Waals surface area contributed by atoms with Crippen molar-refractivity contribution in [3.63, 3.8) is 0 Å². The molecule has 6 nitrogen and oxygen atoms in total. The van der Waals surface area contributed by atoms with Gasteiger partial charge in [0, 0.05) is 12.6 Å². The van der Waals surface area contributed by atoms with Gasteiger partial charge in [-0.2, -0.15) is 0 Å². The maximum absolute atomic E-state index is 13.9. The largest absolute Gasteiger partial charge is 0.328 e. The number of imide groups is 1. The van der Waals surface area contributed by atoms with Crippen molar-refractivity contribution in [2.24, 2.45) is 0 Å². The maximum Gasteiger partial charge on any atom is 0.328 e. The van der Waals surface area contributed by atoms with Gasteiger partial charge in [0.05, 0.1) is 5.69 Å². The zero-order valence-corrected chi connectivity index (χ0v) is 16.9. The fourth-order valence-corrected chi connectivity index (χ4v) is 3.61. The van der Waals surface area contributed by atoms with Crippen molar-refractivity contribution in [2.75, 3.05) is 11.9 Å². The number of urea groups is 1. The van der Waals surface area contributed by atoms with E-state index < -0.39 is 42.1 Å². The summed E-state index contributed by atoms with van der Waals surface area (Å²) in [6.45, 7) is -0.418. The van der Waals surface area contributed by atoms with Crippen LogP contribution >= 0.6 is 0 Å². The zero-order chi connectivity index (χ0) is 22.7. The van der Waals surface area contributed by atoms with E-state index in [9.17, 15) is 23.2 Å². The minimum atomic E-state index is -0.953. The average molecular weight is 435 g/mol. The Hall–Kier alpha value is -4.07. The Morgan fingerprint density at radius 3 is 2.22 bits per heavy atom. The van der Waals surface area contributed by atoms with E-state index in [4.69, 9.17) is 0 Å². The molecule has 0 bridgehead atoms. The highest BCUT2D eigenvalue weighted by molar-refractivity contribution is 6.08. The summed E-state index contributed by atoms with van der Waals surface area (Å²) in [5.74, 6) is -3.06. The standard InChI is InChI=1S/C24H19F2N3O3/c25-18-11-12-20(19(26)13-18)27-21(30)15-29-23(31)22(17-9-5-2-6-10-17)28(24(29)32)14-16-7-3-1-4-8-16/h1-13,22H,14-15H2,(H,27,30). The third-order valence-electron chi connectivity index (χ3n) is 5.11. The molecule has 8 heteroatoms. The molecule has 1 aliphatic heterocycles. The van der Waals surface area contributed by atoms with E-state index in [2.05, 4.69) is 5.32 Å². The molecule has 3 aromatic rings. The van der Waals surface area contributed by atoms with E-state index in [0.29, 0.717) is 11.6 Å². The fraction of sp³-hybridized carbons (Fsp3) is 0.125. The molecule has 0 aliphatic carbocycles. The molecule has 1 fully saturated rings. The zero-order valence-electron chi connectivity index (χ0n) is 16.9.